The summed E-state index contributed by atoms with van der Waals surface area (Å²) in [7, 11) is 3.00. The quantitative estimate of drug-likeness (QED) is 0.479. The molecule has 0 aromatic carbocycles. The van der Waals surface area contributed by atoms with Crippen LogP contribution in [0.1, 0.15) is 19.8 Å². The third-order valence-corrected chi connectivity index (χ3v) is 2.56. The third-order valence-electron chi connectivity index (χ3n) is 2.56. The summed E-state index contributed by atoms with van der Waals surface area (Å²) in [6.45, 7) is 1.79. The molecule has 0 fully saturated rings. The molecular formula is C11H23NO5. The van der Waals surface area contributed by atoms with Gasteiger partial charge in [0.2, 0.25) is 5.91 Å². The average molecular weight is 249 g/mol. The Labute approximate surface area is 102 Å². The number of amides is 1. The molecule has 102 valence electrons. The molecule has 3 N–H and O–H groups in total. The van der Waals surface area contributed by atoms with Gasteiger partial charge in [-0.3, -0.25) is 4.79 Å². The van der Waals surface area contributed by atoms with Crippen molar-refractivity contribution < 1.29 is 24.5 Å². The molecule has 0 saturated carbocycles. The smallest absolute Gasteiger partial charge is 0.223 e. The molecule has 17 heavy (non-hydrogen) atoms. The van der Waals surface area contributed by atoms with Gasteiger partial charge in [0.05, 0.1) is 19.3 Å². The zero-order chi connectivity index (χ0) is 13.3. The number of rotatable bonds is 9. The first-order valence-corrected chi connectivity index (χ1v) is 5.67. The van der Waals surface area contributed by atoms with Gasteiger partial charge in [0.15, 0.2) is 6.29 Å². The van der Waals surface area contributed by atoms with Crippen LogP contribution < -0.4 is 5.32 Å². The molecule has 1 unspecified atom stereocenters. The minimum Gasteiger partial charge on any atom is -0.394 e. The summed E-state index contributed by atoms with van der Waals surface area (Å²) in [5.74, 6) is -0.334. The van der Waals surface area contributed by atoms with E-state index in [9.17, 15) is 4.79 Å². The van der Waals surface area contributed by atoms with Gasteiger partial charge in [0.1, 0.15) is 0 Å². The third kappa shape index (κ3) is 7.27. The Kier molecular flexibility index (Phi) is 8.97. The topological polar surface area (TPSA) is 88.0 Å². The number of methoxy groups -OCH3 is 2. The van der Waals surface area contributed by atoms with Gasteiger partial charge in [-0.25, -0.2) is 0 Å². The minimum absolute atomic E-state index is 0.116. The van der Waals surface area contributed by atoms with Crippen molar-refractivity contribution >= 4 is 5.91 Å². The van der Waals surface area contributed by atoms with E-state index >= 15 is 0 Å². The highest BCUT2D eigenvalue weighted by Crippen LogP contribution is 2.08. The summed E-state index contributed by atoms with van der Waals surface area (Å²) in [6, 6.07) is 0. The van der Waals surface area contributed by atoms with E-state index in [2.05, 4.69) is 5.32 Å². The first-order chi connectivity index (χ1) is 8.04. The Morgan fingerprint density at radius 1 is 1.29 bits per heavy atom. The Hall–Kier alpha value is -0.690. The fraction of sp³-hybridized carbons (Fsp3) is 0.909. The summed E-state index contributed by atoms with van der Waals surface area (Å²) < 4.78 is 9.87. The Bertz CT molecular complexity index is 208. The number of aliphatic hydroxyl groups is 2. The monoisotopic (exact) mass is 249 g/mol. The van der Waals surface area contributed by atoms with Gasteiger partial charge < -0.3 is 25.0 Å². The van der Waals surface area contributed by atoms with Crippen molar-refractivity contribution in [2.75, 3.05) is 27.4 Å². The molecule has 0 aliphatic rings. The zero-order valence-electron chi connectivity index (χ0n) is 10.7. The average Bonchev–Trinajstić information content (AvgIpc) is 2.36. The van der Waals surface area contributed by atoms with Gasteiger partial charge >= 0.3 is 0 Å². The van der Waals surface area contributed by atoms with Crippen LogP contribution in [-0.4, -0.2) is 55.9 Å². The number of hydrogen-bond donors (Lipinski definition) is 3. The van der Waals surface area contributed by atoms with Crippen molar-refractivity contribution in [1.29, 1.82) is 0 Å². The molecule has 6 nitrogen and oxygen atoms in total. The standard InChI is InChI=1S/C11H23NO5/c1-8(4-5-9(14)7-13)11(15)12-6-10(16-2)17-3/h8-10,13-14H,4-7H2,1-3H3,(H,12,15)/t8?,9-/m1/s1. The van der Waals surface area contributed by atoms with Crippen LogP contribution in [0.5, 0.6) is 0 Å². The maximum atomic E-state index is 11.6. The summed E-state index contributed by atoms with van der Waals surface area (Å²) in [5, 5.41) is 20.5. The van der Waals surface area contributed by atoms with Gasteiger partial charge in [-0.1, -0.05) is 6.92 Å². The van der Waals surface area contributed by atoms with Crippen molar-refractivity contribution in [3.05, 3.63) is 0 Å². The predicted octanol–water partition coefficient (Wildman–Crippen LogP) is -0.509. The Morgan fingerprint density at radius 3 is 2.35 bits per heavy atom. The SMILES string of the molecule is COC(CNC(=O)C(C)CC[C@@H](O)CO)OC. The van der Waals surface area contributed by atoms with E-state index in [1.165, 1.54) is 14.2 Å². The summed E-state index contributed by atoms with van der Waals surface area (Å²) in [5.41, 5.74) is 0. The summed E-state index contributed by atoms with van der Waals surface area (Å²) >= 11 is 0. The van der Waals surface area contributed by atoms with Crippen LogP contribution in [0.2, 0.25) is 0 Å². The lowest BCUT2D eigenvalue weighted by atomic mass is 10.0. The number of aliphatic hydroxyl groups excluding tert-OH is 2. The lowest BCUT2D eigenvalue weighted by molar-refractivity contribution is -0.130. The Balaban J connectivity index is 3.81. The van der Waals surface area contributed by atoms with E-state index in [0.717, 1.165) is 0 Å². The van der Waals surface area contributed by atoms with Gasteiger partial charge in [-0.15, -0.1) is 0 Å². The number of ether oxygens (including phenoxy) is 2. The molecule has 0 aromatic rings. The van der Waals surface area contributed by atoms with Crippen molar-refractivity contribution in [2.24, 2.45) is 5.92 Å². The fourth-order valence-electron chi connectivity index (χ4n) is 1.29. The molecule has 0 aromatic heterocycles. The maximum absolute atomic E-state index is 11.6. The highest BCUT2D eigenvalue weighted by molar-refractivity contribution is 5.78. The second kappa shape index (κ2) is 9.35. The number of carbonyl (C=O) groups is 1. The molecule has 1 amide bonds. The van der Waals surface area contributed by atoms with Crippen LogP contribution in [0, 0.1) is 5.92 Å². The van der Waals surface area contributed by atoms with Crippen LogP contribution in [0.15, 0.2) is 0 Å². The summed E-state index contributed by atoms with van der Waals surface area (Å²) in [4.78, 5) is 11.6. The van der Waals surface area contributed by atoms with Crippen molar-refractivity contribution in [3.8, 4) is 0 Å². The van der Waals surface area contributed by atoms with Crippen molar-refractivity contribution in [3.63, 3.8) is 0 Å². The van der Waals surface area contributed by atoms with Gasteiger partial charge in [0, 0.05) is 20.1 Å². The number of carbonyl (C=O) groups excluding carboxylic acids is 1. The number of hydrogen-bond acceptors (Lipinski definition) is 5. The molecule has 0 aliphatic heterocycles. The molecule has 0 rings (SSSR count). The fourth-order valence-corrected chi connectivity index (χ4v) is 1.29. The minimum atomic E-state index is -0.754. The van der Waals surface area contributed by atoms with Gasteiger partial charge in [-0.05, 0) is 12.8 Å². The zero-order valence-corrected chi connectivity index (χ0v) is 10.7. The lowest BCUT2D eigenvalue weighted by Gasteiger charge is -2.17. The van der Waals surface area contributed by atoms with E-state index in [1.807, 2.05) is 0 Å². The lowest BCUT2D eigenvalue weighted by Crippen LogP contribution is -2.37. The van der Waals surface area contributed by atoms with Gasteiger partial charge in [0.25, 0.3) is 0 Å². The largest absolute Gasteiger partial charge is 0.394 e. The molecule has 0 bridgehead atoms. The maximum Gasteiger partial charge on any atom is 0.223 e. The highest BCUT2D eigenvalue weighted by atomic mass is 16.7. The Morgan fingerprint density at radius 2 is 1.88 bits per heavy atom. The van der Waals surface area contributed by atoms with E-state index in [-0.39, 0.29) is 18.4 Å². The van der Waals surface area contributed by atoms with Crippen molar-refractivity contribution in [2.45, 2.75) is 32.2 Å². The number of nitrogens with one attached hydrogen (secondary N) is 1. The predicted molar refractivity (Wildman–Crippen MR) is 62.3 cm³/mol. The molecule has 0 heterocycles. The summed E-state index contributed by atoms with van der Waals surface area (Å²) in [6.07, 6.45) is -0.272. The molecule has 0 saturated heterocycles. The molecular weight excluding hydrogens is 226 g/mol. The molecule has 0 aliphatic carbocycles. The molecule has 0 spiro atoms. The first kappa shape index (κ1) is 16.3. The van der Waals surface area contributed by atoms with Crippen LogP contribution in [0.3, 0.4) is 0 Å². The van der Waals surface area contributed by atoms with Gasteiger partial charge in [-0.2, -0.15) is 0 Å². The van der Waals surface area contributed by atoms with E-state index in [0.29, 0.717) is 19.4 Å². The molecule has 2 atom stereocenters. The van der Waals surface area contributed by atoms with E-state index in [4.69, 9.17) is 19.7 Å². The van der Waals surface area contributed by atoms with Crippen LogP contribution in [0.4, 0.5) is 0 Å². The van der Waals surface area contributed by atoms with E-state index < -0.39 is 12.4 Å². The van der Waals surface area contributed by atoms with E-state index in [1.54, 1.807) is 6.92 Å². The van der Waals surface area contributed by atoms with Crippen LogP contribution in [-0.2, 0) is 14.3 Å². The van der Waals surface area contributed by atoms with Crippen LogP contribution in [0.25, 0.3) is 0 Å². The normalized spacial score (nSPS) is 14.7. The molecule has 0 radical (unpaired) electrons. The molecule has 6 heteroatoms. The second-order valence-corrected chi connectivity index (χ2v) is 3.96. The highest BCUT2D eigenvalue weighted by Gasteiger charge is 2.16. The van der Waals surface area contributed by atoms with Crippen LogP contribution >= 0.6 is 0 Å². The van der Waals surface area contributed by atoms with Crippen molar-refractivity contribution in [1.82, 2.24) is 5.32 Å². The second-order valence-electron chi connectivity index (χ2n) is 3.96. The first-order valence-electron chi connectivity index (χ1n) is 5.67.